The van der Waals surface area contributed by atoms with Gasteiger partial charge in [-0.25, -0.2) is 0 Å². The molecule has 8 heteroatoms. The molecule has 0 saturated carbocycles. The first-order valence-corrected chi connectivity index (χ1v) is 13.3. The molecule has 0 unspecified atom stereocenters. The van der Waals surface area contributed by atoms with E-state index in [1.54, 1.807) is 0 Å². The topological polar surface area (TPSA) is 76.8 Å². The molecule has 2 heterocycles. The molecule has 1 saturated heterocycles. The van der Waals surface area contributed by atoms with Crippen LogP contribution in [0.1, 0.15) is 49.9 Å². The second-order valence-corrected chi connectivity index (χ2v) is 10.3. The molecule has 0 bridgehead atoms. The fourth-order valence-corrected chi connectivity index (χ4v) is 5.03. The Morgan fingerprint density at radius 2 is 1.92 bits per heavy atom. The molecule has 0 radical (unpaired) electrons. The van der Waals surface area contributed by atoms with E-state index in [0.29, 0.717) is 23.3 Å². The molecule has 7 nitrogen and oxygen atoms in total. The summed E-state index contributed by atoms with van der Waals surface area (Å²) in [4.78, 5) is 13.6. The molecule has 37 heavy (non-hydrogen) atoms. The fraction of sp³-hybridized carbons (Fsp3) is 0.448. The van der Waals surface area contributed by atoms with Gasteiger partial charge in [0.05, 0.1) is 35.9 Å². The van der Waals surface area contributed by atoms with Gasteiger partial charge in [-0.05, 0) is 30.5 Å². The average Bonchev–Trinajstić information content (AvgIpc) is 3.21. The van der Waals surface area contributed by atoms with Crippen molar-refractivity contribution in [2.45, 2.75) is 52.8 Å². The molecular weight excluding hydrogens is 490 g/mol. The Hall–Kier alpha value is -2.87. The summed E-state index contributed by atoms with van der Waals surface area (Å²) in [6.07, 6.45) is 3.84. The van der Waals surface area contributed by atoms with Crippen molar-refractivity contribution in [3.05, 3.63) is 70.4 Å². The maximum absolute atomic E-state index is 11.2. The van der Waals surface area contributed by atoms with E-state index in [-0.39, 0.29) is 12.3 Å². The Labute approximate surface area is 223 Å². The number of aliphatic carboxylic acids is 1. The number of ether oxygens (including phenoxy) is 2. The minimum absolute atomic E-state index is 0.0533. The van der Waals surface area contributed by atoms with Crippen LogP contribution in [0, 0.1) is 5.92 Å². The van der Waals surface area contributed by atoms with Crippen LogP contribution in [-0.2, 0) is 29.2 Å². The zero-order chi connectivity index (χ0) is 26.4. The zero-order valence-corrected chi connectivity index (χ0v) is 22.6. The lowest BCUT2D eigenvalue weighted by molar-refractivity contribution is -0.137. The standard InChI is InChI=1S/C29H36ClN3O4/c1-4-5-22(16-27(34)35)21-6-9-24(10-7-21)37-19-23-8-11-25-26(18-32-12-14-36-15-13-32)31-33(17-20(2)3)29(25)28(23)30/h4-11,20,22H,12-19H2,1-3H3,(H,34,35)/t22-/m1/s1. The number of carboxylic acid groups (broad SMARTS) is 1. The molecule has 0 spiro atoms. The minimum atomic E-state index is -0.821. The third-order valence-electron chi connectivity index (χ3n) is 6.54. The molecule has 1 aliphatic heterocycles. The number of hydrogen-bond donors (Lipinski definition) is 1. The number of carbonyl (C=O) groups is 1. The quantitative estimate of drug-likeness (QED) is 0.314. The number of allylic oxidation sites excluding steroid dienone is 2. The first kappa shape index (κ1) is 27.2. The lowest BCUT2D eigenvalue weighted by atomic mass is 9.95. The van der Waals surface area contributed by atoms with Gasteiger partial charge < -0.3 is 14.6 Å². The van der Waals surface area contributed by atoms with Gasteiger partial charge in [0.1, 0.15) is 12.4 Å². The number of fused-ring (bicyclic) bond motifs is 1. The average molecular weight is 526 g/mol. The molecule has 1 fully saturated rings. The van der Waals surface area contributed by atoms with Gasteiger partial charge in [0, 0.05) is 43.0 Å². The Kier molecular flexibility index (Phi) is 9.24. The van der Waals surface area contributed by atoms with E-state index < -0.39 is 5.97 Å². The lowest BCUT2D eigenvalue weighted by Crippen LogP contribution is -2.35. The van der Waals surface area contributed by atoms with E-state index in [9.17, 15) is 9.90 Å². The number of aromatic nitrogens is 2. The maximum Gasteiger partial charge on any atom is 0.304 e. The second kappa shape index (κ2) is 12.6. The molecule has 198 valence electrons. The van der Waals surface area contributed by atoms with Crippen LogP contribution in [0.15, 0.2) is 48.6 Å². The molecule has 4 rings (SSSR count). The van der Waals surface area contributed by atoms with Crippen LogP contribution in [0.3, 0.4) is 0 Å². The van der Waals surface area contributed by atoms with E-state index in [0.717, 1.165) is 67.1 Å². The monoisotopic (exact) mass is 525 g/mol. The summed E-state index contributed by atoms with van der Waals surface area (Å²) in [5, 5.41) is 15.9. The van der Waals surface area contributed by atoms with Gasteiger partial charge in [-0.2, -0.15) is 5.10 Å². The van der Waals surface area contributed by atoms with Gasteiger partial charge in [0.25, 0.3) is 0 Å². The third-order valence-corrected chi connectivity index (χ3v) is 6.97. The van der Waals surface area contributed by atoms with Crippen molar-refractivity contribution >= 4 is 28.5 Å². The van der Waals surface area contributed by atoms with Gasteiger partial charge in [0.2, 0.25) is 0 Å². The van der Waals surface area contributed by atoms with Crippen LogP contribution in [0.25, 0.3) is 10.9 Å². The van der Waals surface area contributed by atoms with E-state index in [1.807, 2.05) is 54.1 Å². The number of halogens is 1. The van der Waals surface area contributed by atoms with Crippen LogP contribution in [0.2, 0.25) is 5.02 Å². The van der Waals surface area contributed by atoms with Crippen LogP contribution in [0.5, 0.6) is 5.75 Å². The van der Waals surface area contributed by atoms with Gasteiger partial charge in [0.15, 0.2) is 0 Å². The molecule has 2 aromatic carbocycles. The molecular formula is C29H36ClN3O4. The van der Waals surface area contributed by atoms with Crippen LogP contribution in [0.4, 0.5) is 0 Å². The molecule has 1 aromatic heterocycles. The van der Waals surface area contributed by atoms with Crippen molar-refractivity contribution in [1.82, 2.24) is 14.7 Å². The van der Waals surface area contributed by atoms with Crippen LogP contribution >= 0.6 is 11.6 Å². The largest absolute Gasteiger partial charge is 0.489 e. The second-order valence-electron chi connectivity index (χ2n) is 9.93. The van der Waals surface area contributed by atoms with E-state index in [2.05, 4.69) is 24.8 Å². The summed E-state index contributed by atoms with van der Waals surface area (Å²) in [5.41, 5.74) is 3.84. The van der Waals surface area contributed by atoms with Gasteiger partial charge in [-0.15, -0.1) is 0 Å². The Bertz CT molecular complexity index is 1230. The number of nitrogens with zero attached hydrogens (tertiary/aromatic N) is 3. The fourth-order valence-electron chi connectivity index (χ4n) is 4.71. The highest BCUT2D eigenvalue weighted by molar-refractivity contribution is 6.36. The molecule has 0 aliphatic carbocycles. The van der Waals surface area contributed by atoms with Gasteiger partial charge >= 0.3 is 5.97 Å². The minimum Gasteiger partial charge on any atom is -0.489 e. The predicted octanol–water partition coefficient (Wildman–Crippen LogP) is 5.89. The molecule has 0 amide bonds. The highest BCUT2D eigenvalue weighted by Crippen LogP contribution is 2.32. The first-order chi connectivity index (χ1) is 17.9. The van der Waals surface area contributed by atoms with Gasteiger partial charge in [-0.1, -0.05) is 61.9 Å². The van der Waals surface area contributed by atoms with E-state index in [1.165, 1.54) is 0 Å². The smallest absolute Gasteiger partial charge is 0.304 e. The summed E-state index contributed by atoms with van der Waals surface area (Å²) < 4.78 is 13.6. The van der Waals surface area contributed by atoms with Crippen molar-refractivity contribution in [2.24, 2.45) is 5.92 Å². The van der Waals surface area contributed by atoms with Gasteiger partial charge in [-0.3, -0.25) is 14.4 Å². The molecule has 1 N–H and O–H groups in total. The summed E-state index contributed by atoms with van der Waals surface area (Å²) in [6, 6.07) is 11.7. The number of morpholine rings is 1. The summed E-state index contributed by atoms with van der Waals surface area (Å²) in [7, 11) is 0. The first-order valence-electron chi connectivity index (χ1n) is 12.9. The number of rotatable bonds is 11. The highest BCUT2D eigenvalue weighted by Gasteiger charge is 2.20. The van der Waals surface area contributed by atoms with Crippen molar-refractivity contribution in [2.75, 3.05) is 26.3 Å². The summed E-state index contributed by atoms with van der Waals surface area (Å²) in [5.74, 6) is 0.152. The molecule has 1 aliphatic rings. The number of hydrogen-bond acceptors (Lipinski definition) is 5. The Morgan fingerprint density at radius 3 is 2.57 bits per heavy atom. The normalized spacial score (nSPS) is 15.6. The van der Waals surface area contributed by atoms with E-state index >= 15 is 0 Å². The summed E-state index contributed by atoms with van der Waals surface area (Å²) >= 11 is 6.96. The zero-order valence-electron chi connectivity index (χ0n) is 21.8. The Balaban J connectivity index is 1.53. The van der Waals surface area contributed by atoms with Crippen molar-refractivity contribution in [3.8, 4) is 5.75 Å². The third kappa shape index (κ3) is 6.92. The molecule has 3 aromatic rings. The number of carboxylic acids is 1. The van der Waals surface area contributed by atoms with Crippen molar-refractivity contribution in [1.29, 1.82) is 0 Å². The highest BCUT2D eigenvalue weighted by atomic mass is 35.5. The van der Waals surface area contributed by atoms with Crippen LogP contribution in [-0.4, -0.2) is 52.1 Å². The molecule has 1 atom stereocenters. The summed E-state index contributed by atoms with van der Waals surface area (Å²) in [6.45, 7) is 11.5. The lowest BCUT2D eigenvalue weighted by Gasteiger charge is -2.25. The SMILES string of the molecule is CC=C[C@H](CC(=O)O)c1ccc(OCc2ccc3c(CN4CCOCC4)nn(CC(C)C)c3c2Cl)cc1. The Morgan fingerprint density at radius 1 is 1.19 bits per heavy atom. The van der Waals surface area contributed by atoms with E-state index in [4.69, 9.17) is 26.2 Å². The predicted molar refractivity (Wildman–Crippen MR) is 146 cm³/mol. The number of benzene rings is 2. The van der Waals surface area contributed by atoms with Crippen molar-refractivity contribution < 1.29 is 19.4 Å². The van der Waals surface area contributed by atoms with Crippen LogP contribution < -0.4 is 4.74 Å². The van der Waals surface area contributed by atoms with Crippen molar-refractivity contribution in [3.63, 3.8) is 0 Å². The maximum atomic E-state index is 11.2.